The minimum atomic E-state index is 0.0711. The summed E-state index contributed by atoms with van der Waals surface area (Å²) >= 11 is 0. The highest BCUT2D eigenvalue weighted by Crippen LogP contribution is 2.30. The van der Waals surface area contributed by atoms with Crippen molar-refractivity contribution in [2.45, 2.75) is 33.1 Å². The van der Waals surface area contributed by atoms with Gasteiger partial charge in [-0.3, -0.25) is 4.79 Å². The molecule has 0 aromatic heterocycles. The molecule has 2 rings (SSSR count). The van der Waals surface area contributed by atoms with E-state index < -0.39 is 0 Å². The summed E-state index contributed by atoms with van der Waals surface area (Å²) in [5, 5.41) is 6.29. The molecule has 1 aromatic carbocycles. The Morgan fingerprint density at radius 1 is 1.29 bits per heavy atom. The van der Waals surface area contributed by atoms with Gasteiger partial charge in [0.15, 0.2) is 0 Å². The maximum absolute atomic E-state index is 11.4. The van der Waals surface area contributed by atoms with Gasteiger partial charge in [0.05, 0.1) is 11.4 Å². The molecular formula is C16H26N4O. The van der Waals surface area contributed by atoms with Gasteiger partial charge >= 0.3 is 0 Å². The van der Waals surface area contributed by atoms with E-state index >= 15 is 0 Å². The first-order chi connectivity index (χ1) is 10.1. The number of hydrogen-bond donors (Lipinski definition) is 3. The number of rotatable bonds is 7. The summed E-state index contributed by atoms with van der Waals surface area (Å²) in [4.78, 5) is 13.8. The zero-order chi connectivity index (χ0) is 15.2. The lowest BCUT2D eigenvalue weighted by molar-refractivity contribution is -0.116. The lowest BCUT2D eigenvalue weighted by atomic mass is 10.0. The van der Waals surface area contributed by atoms with Crippen molar-refractivity contribution >= 4 is 23.0 Å². The summed E-state index contributed by atoms with van der Waals surface area (Å²) < 4.78 is 0. The van der Waals surface area contributed by atoms with Crippen LogP contribution in [0.4, 0.5) is 17.1 Å². The van der Waals surface area contributed by atoms with Gasteiger partial charge in [-0.1, -0.05) is 13.8 Å². The van der Waals surface area contributed by atoms with Crippen molar-refractivity contribution < 1.29 is 4.79 Å². The molecule has 4 N–H and O–H groups in total. The number of anilines is 3. The number of nitrogen functional groups attached to an aromatic ring is 1. The molecule has 21 heavy (non-hydrogen) atoms. The second kappa shape index (κ2) is 7.31. The maximum Gasteiger partial charge on any atom is 0.224 e. The number of carbonyl (C=O) groups excluding carboxylic acids is 1. The summed E-state index contributed by atoms with van der Waals surface area (Å²) in [7, 11) is 0. The number of amides is 1. The Morgan fingerprint density at radius 2 is 2.05 bits per heavy atom. The molecule has 0 spiro atoms. The molecule has 116 valence electrons. The fraction of sp³-hybridized carbons (Fsp3) is 0.562. The topological polar surface area (TPSA) is 70.4 Å². The average molecular weight is 290 g/mol. The van der Waals surface area contributed by atoms with Gasteiger partial charge in [0, 0.05) is 18.7 Å². The van der Waals surface area contributed by atoms with Crippen molar-refractivity contribution in [2.75, 3.05) is 42.5 Å². The van der Waals surface area contributed by atoms with E-state index in [1.165, 1.54) is 0 Å². The van der Waals surface area contributed by atoms with Crippen molar-refractivity contribution in [3.8, 4) is 0 Å². The van der Waals surface area contributed by atoms with Crippen LogP contribution in [-0.4, -0.2) is 37.0 Å². The monoisotopic (exact) mass is 290 g/mol. The first-order valence-corrected chi connectivity index (χ1v) is 7.82. The molecule has 0 unspecified atom stereocenters. The van der Waals surface area contributed by atoms with Crippen LogP contribution >= 0.6 is 0 Å². The number of benzene rings is 1. The predicted molar refractivity (Wildman–Crippen MR) is 88.7 cm³/mol. The van der Waals surface area contributed by atoms with Crippen LogP contribution in [0.2, 0.25) is 0 Å². The molecule has 0 aliphatic carbocycles. The average Bonchev–Trinajstić information content (AvgIpc) is 2.48. The van der Waals surface area contributed by atoms with Gasteiger partial charge in [-0.15, -0.1) is 0 Å². The molecule has 1 heterocycles. The third-order valence-electron chi connectivity index (χ3n) is 4.03. The van der Waals surface area contributed by atoms with Crippen LogP contribution < -0.4 is 16.4 Å². The lowest BCUT2D eigenvalue weighted by Gasteiger charge is -2.21. The zero-order valence-corrected chi connectivity index (χ0v) is 13.0. The quantitative estimate of drug-likeness (QED) is 0.532. The van der Waals surface area contributed by atoms with E-state index in [2.05, 4.69) is 35.4 Å². The normalized spacial score (nSPS) is 14.0. The van der Waals surface area contributed by atoms with E-state index in [0.29, 0.717) is 12.1 Å². The third-order valence-corrected chi connectivity index (χ3v) is 4.03. The summed E-state index contributed by atoms with van der Waals surface area (Å²) in [5.41, 5.74) is 9.75. The Kier molecular flexibility index (Phi) is 5.44. The Balaban J connectivity index is 1.90. The number of aryl methyl sites for hydroxylation is 1. The van der Waals surface area contributed by atoms with Gasteiger partial charge in [-0.05, 0) is 50.2 Å². The highest BCUT2D eigenvalue weighted by molar-refractivity contribution is 5.95. The van der Waals surface area contributed by atoms with E-state index in [0.717, 1.165) is 56.0 Å². The number of carbonyl (C=O) groups is 1. The summed E-state index contributed by atoms with van der Waals surface area (Å²) in [5.74, 6) is 0.0711. The molecule has 0 saturated carbocycles. The zero-order valence-electron chi connectivity index (χ0n) is 13.0. The molecular weight excluding hydrogens is 264 g/mol. The van der Waals surface area contributed by atoms with Crippen molar-refractivity contribution in [3.63, 3.8) is 0 Å². The summed E-state index contributed by atoms with van der Waals surface area (Å²) in [6.07, 6.45) is 2.43. The molecule has 1 aliphatic rings. The van der Waals surface area contributed by atoms with Crippen LogP contribution in [0.1, 0.15) is 32.3 Å². The highest BCUT2D eigenvalue weighted by atomic mass is 16.1. The van der Waals surface area contributed by atoms with Crippen LogP contribution in [0.15, 0.2) is 12.1 Å². The molecule has 0 radical (unpaired) electrons. The van der Waals surface area contributed by atoms with Gasteiger partial charge in [-0.25, -0.2) is 0 Å². The van der Waals surface area contributed by atoms with Crippen molar-refractivity contribution in [1.29, 1.82) is 0 Å². The van der Waals surface area contributed by atoms with E-state index in [1.54, 1.807) is 0 Å². The highest BCUT2D eigenvalue weighted by Gasteiger charge is 2.16. The Bertz CT molecular complexity index is 497. The molecule has 0 fully saturated rings. The van der Waals surface area contributed by atoms with E-state index in [-0.39, 0.29) is 5.91 Å². The van der Waals surface area contributed by atoms with E-state index in [9.17, 15) is 4.79 Å². The Labute approximate surface area is 126 Å². The standard InChI is InChI=1S/C16H26N4O/c1-3-20(4-2)9-5-8-18-15-10-12-6-7-16(21)19-14(12)11-13(15)17/h10-11,18H,3-9,17H2,1-2H3,(H,19,21). The number of nitrogens with two attached hydrogens (primary N) is 1. The van der Waals surface area contributed by atoms with E-state index in [4.69, 9.17) is 5.73 Å². The van der Waals surface area contributed by atoms with Gasteiger partial charge in [0.2, 0.25) is 5.91 Å². The SMILES string of the molecule is CCN(CC)CCCNc1cc2c(cc1N)NC(=O)CC2. The maximum atomic E-state index is 11.4. The molecule has 0 bridgehead atoms. The second-order valence-electron chi connectivity index (χ2n) is 5.45. The van der Waals surface area contributed by atoms with Crippen LogP contribution in [0.25, 0.3) is 0 Å². The minimum absolute atomic E-state index is 0.0711. The lowest BCUT2D eigenvalue weighted by Crippen LogP contribution is -2.25. The van der Waals surface area contributed by atoms with Crippen molar-refractivity contribution in [1.82, 2.24) is 4.90 Å². The largest absolute Gasteiger partial charge is 0.397 e. The minimum Gasteiger partial charge on any atom is -0.397 e. The molecule has 5 nitrogen and oxygen atoms in total. The number of nitrogens with one attached hydrogen (secondary N) is 2. The fourth-order valence-electron chi connectivity index (χ4n) is 2.66. The summed E-state index contributed by atoms with van der Waals surface area (Å²) in [6, 6.07) is 3.93. The first-order valence-electron chi connectivity index (χ1n) is 7.82. The van der Waals surface area contributed by atoms with E-state index in [1.807, 2.05) is 6.07 Å². The van der Waals surface area contributed by atoms with Gasteiger partial charge < -0.3 is 21.3 Å². The number of hydrogen-bond acceptors (Lipinski definition) is 4. The van der Waals surface area contributed by atoms with Gasteiger partial charge in [-0.2, -0.15) is 0 Å². The van der Waals surface area contributed by atoms with Gasteiger partial charge in [0.25, 0.3) is 0 Å². The molecule has 1 aliphatic heterocycles. The third kappa shape index (κ3) is 4.11. The predicted octanol–water partition coefficient (Wildman–Crippen LogP) is 2.30. The van der Waals surface area contributed by atoms with Crippen molar-refractivity contribution in [3.05, 3.63) is 17.7 Å². The Hall–Kier alpha value is -1.75. The molecule has 0 atom stereocenters. The number of fused-ring (bicyclic) bond motifs is 1. The van der Waals surface area contributed by atoms with Crippen molar-refractivity contribution in [2.24, 2.45) is 0 Å². The summed E-state index contributed by atoms with van der Waals surface area (Å²) in [6.45, 7) is 8.57. The van der Waals surface area contributed by atoms with Crippen LogP contribution in [0.5, 0.6) is 0 Å². The molecule has 5 heteroatoms. The first kappa shape index (κ1) is 15.6. The van der Waals surface area contributed by atoms with Crippen LogP contribution in [-0.2, 0) is 11.2 Å². The Morgan fingerprint density at radius 3 is 2.76 bits per heavy atom. The molecule has 1 aromatic rings. The fourth-order valence-corrected chi connectivity index (χ4v) is 2.66. The van der Waals surface area contributed by atoms with Crippen LogP contribution in [0.3, 0.4) is 0 Å². The second-order valence-corrected chi connectivity index (χ2v) is 5.45. The van der Waals surface area contributed by atoms with Gasteiger partial charge in [0.1, 0.15) is 0 Å². The van der Waals surface area contributed by atoms with Crippen LogP contribution in [0, 0.1) is 0 Å². The molecule has 1 amide bonds. The number of nitrogens with zero attached hydrogens (tertiary/aromatic N) is 1. The smallest absolute Gasteiger partial charge is 0.224 e. The molecule has 0 saturated heterocycles.